The minimum atomic E-state index is -0.266. The van der Waals surface area contributed by atoms with Crippen LogP contribution in [-0.2, 0) is 4.79 Å². The minimum Gasteiger partial charge on any atom is -0.369 e. The summed E-state index contributed by atoms with van der Waals surface area (Å²) >= 11 is 5.90. The quantitative estimate of drug-likeness (QED) is 0.795. The molecule has 0 radical (unpaired) electrons. The van der Waals surface area contributed by atoms with Gasteiger partial charge in [-0.05, 0) is 6.42 Å². The summed E-state index contributed by atoms with van der Waals surface area (Å²) in [6, 6.07) is 0. The first-order valence-electron chi connectivity index (χ1n) is 4.69. The summed E-state index contributed by atoms with van der Waals surface area (Å²) < 4.78 is 0. The molecule has 1 aliphatic rings. The van der Waals surface area contributed by atoms with E-state index in [0.717, 1.165) is 13.0 Å². The number of aromatic nitrogens is 2. The van der Waals surface area contributed by atoms with E-state index in [2.05, 4.69) is 9.97 Å². The van der Waals surface area contributed by atoms with Gasteiger partial charge < -0.3 is 10.6 Å². The molecule has 1 amide bonds. The van der Waals surface area contributed by atoms with Gasteiger partial charge in [0, 0.05) is 25.5 Å². The smallest absolute Gasteiger partial charge is 0.222 e. The van der Waals surface area contributed by atoms with Gasteiger partial charge in [0.1, 0.15) is 0 Å². The Bertz CT molecular complexity index is 384. The molecule has 1 aliphatic heterocycles. The number of nitrogens with two attached hydrogens (primary N) is 1. The zero-order chi connectivity index (χ0) is 10.8. The van der Waals surface area contributed by atoms with E-state index >= 15 is 0 Å². The van der Waals surface area contributed by atoms with Crippen LogP contribution in [-0.4, -0.2) is 29.0 Å². The maximum Gasteiger partial charge on any atom is 0.222 e. The highest BCUT2D eigenvalue weighted by Gasteiger charge is 2.28. The first kappa shape index (κ1) is 10.2. The fraction of sp³-hybridized carbons (Fsp3) is 0.444. The lowest BCUT2D eigenvalue weighted by Gasteiger charge is -2.16. The molecule has 15 heavy (non-hydrogen) atoms. The van der Waals surface area contributed by atoms with Crippen LogP contribution in [0.25, 0.3) is 0 Å². The number of nitrogens with zero attached hydrogens (tertiary/aromatic N) is 3. The number of hydrogen-bond acceptors (Lipinski definition) is 4. The van der Waals surface area contributed by atoms with Crippen molar-refractivity contribution < 1.29 is 4.79 Å². The summed E-state index contributed by atoms with van der Waals surface area (Å²) in [4.78, 5) is 21.0. The average molecular weight is 227 g/mol. The van der Waals surface area contributed by atoms with Crippen molar-refractivity contribution in [1.82, 2.24) is 9.97 Å². The van der Waals surface area contributed by atoms with Crippen LogP contribution in [0.15, 0.2) is 12.4 Å². The summed E-state index contributed by atoms with van der Waals surface area (Å²) in [5.41, 5.74) is 5.24. The van der Waals surface area contributed by atoms with Gasteiger partial charge in [-0.15, -0.1) is 0 Å². The fourth-order valence-corrected chi connectivity index (χ4v) is 1.94. The molecule has 80 valence electrons. The highest BCUT2D eigenvalue weighted by molar-refractivity contribution is 6.31. The number of anilines is 1. The average Bonchev–Trinajstić information content (AvgIpc) is 2.67. The Labute approximate surface area is 92.3 Å². The van der Waals surface area contributed by atoms with Crippen LogP contribution in [0.1, 0.15) is 6.42 Å². The number of amides is 1. The van der Waals surface area contributed by atoms with Crippen molar-refractivity contribution in [2.45, 2.75) is 6.42 Å². The predicted molar refractivity (Wildman–Crippen MR) is 56.6 cm³/mol. The number of primary amides is 1. The third-order valence-electron chi connectivity index (χ3n) is 2.53. The lowest BCUT2D eigenvalue weighted by Crippen LogP contribution is -2.27. The summed E-state index contributed by atoms with van der Waals surface area (Å²) in [7, 11) is 0. The van der Waals surface area contributed by atoms with Crippen molar-refractivity contribution in [1.29, 1.82) is 0 Å². The van der Waals surface area contributed by atoms with Crippen molar-refractivity contribution in [2.75, 3.05) is 18.0 Å². The maximum absolute atomic E-state index is 11.0. The second-order valence-electron chi connectivity index (χ2n) is 3.50. The predicted octanol–water partition coefficient (Wildman–Crippen LogP) is 0.442. The van der Waals surface area contributed by atoms with Crippen LogP contribution in [0.3, 0.4) is 0 Å². The molecule has 2 rings (SSSR count). The van der Waals surface area contributed by atoms with Gasteiger partial charge in [-0.1, -0.05) is 11.6 Å². The SMILES string of the molecule is NC(=O)C1CCN(c2nccnc2Cl)C1. The van der Waals surface area contributed by atoms with Gasteiger partial charge in [0.15, 0.2) is 11.0 Å². The molecule has 6 heteroatoms. The first-order chi connectivity index (χ1) is 7.18. The topological polar surface area (TPSA) is 72.1 Å². The van der Waals surface area contributed by atoms with Gasteiger partial charge >= 0.3 is 0 Å². The van der Waals surface area contributed by atoms with Crippen molar-refractivity contribution in [3.8, 4) is 0 Å². The monoisotopic (exact) mass is 226 g/mol. The number of hydrogen-bond donors (Lipinski definition) is 1. The largest absolute Gasteiger partial charge is 0.369 e. The van der Waals surface area contributed by atoms with Gasteiger partial charge in [0.25, 0.3) is 0 Å². The lowest BCUT2D eigenvalue weighted by molar-refractivity contribution is -0.121. The van der Waals surface area contributed by atoms with E-state index in [1.807, 2.05) is 4.90 Å². The summed E-state index contributed by atoms with van der Waals surface area (Å²) in [5.74, 6) is 0.253. The molecular weight excluding hydrogens is 216 g/mol. The normalized spacial score (nSPS) is 20.6. The van der Waals surface area contributed by atoms with E-state index in [1.54, 1.807) is 6.20 Å². The van der Waals surface area contributed by atoms with Crippen molar-refractivity contribution in [3.05, 3.63) is 17.5 Å². The molecule has 1 atom stereocenters. The lowest BCUT2D eigenvalue weighted by atomic mass is 10.1. The van der Waals surface area contributed by atoms with E-state index in [0.29, 0.717) is 17.5 Å². The first-order valence-corrected chi connectivity index (χ1v) is 5.07. The van der Waals surface area contributed by atoms with Crippen LogP contribution in [0.5, 0.6) is 0 Å². The van der Waals surface area contributed by atoms with E-state index < -0.39 is 0 Å². The van der Waals surface area contributed by atoms with E-state index in [-0.39, 0.29) is 11.8 Å². The molecule has 1 aromatic rings. The Hall–Kier alpha value is -1.36. The van der Waals surface area contributed by atoms with Gasteiger partial charge in [-0.2, -0.15) is 0 Å². The maximum atomic E-state index is 11.0. The van der Waals surface area contributed by atoms with Gasteiger partial charge in [0.2, 0.25) is 5.91 Å². The van der Waals surface area contributed by atoms with Crippen LogP contribution in [0, 0.1) is 5.92 Å². The molecule has 0 saturated carbocycles. The third-order valence-corrected chi connectivity index (χ3v) is 2.79. The van der Waals surface area contributed by atoms with E-state index in [1.165, 1.54) is 6.20 Å². The van der Waals surface area contributed by atoms with Crippen LogP contribution >= 0.6 is 11.6 Å². The molecule has 5 nitrogen and oxygen atoms in total. The van der Waals surface area contributed by atoms with Gasteiger partial charge in [-0.3, -0.25) is 4.79 Å². The number of rotatable bonds is 2. The molecule has 0 aliphatic carbocycles. The molecule has 0 bridgehead atoms. The molecule has 2 heterocycles. The van der Waals surface area contributed by atoms with E-state index in [4.69, 9.17) is 17.3 Å². The second-order valence-corrected chi connectivity index (χ2v) is 3.86. The molecule has 1 fully saturated rings. The Morgan fingerprint density at radius 1 is 1.53 bits per heavy atom. The van der Waals surface area contributed by atoms with Crippen molar-refractivity contribution in [2.24, 2.45) is 11.7 Å². The van der Waals surface area contributed by atoms with Gasteiger partial charge in [0.05, 0.1) is 5.92 Å². The molecule has 1 unspecified atom stereocenters. The molecule has 1 saturated heterocycles. The fourth-order valence-electron chi connectivity index (χ4n) is 1.71. The Balaban J connectivity index is 2.14. The highest BCUT2D eigenvalue weighted by atomic mass is 35.5. The summed E-state index contributed by atoms with van der Waals surface area (Å²) in [6.07, 6.45) is 3.87. The number of halogens is 1. The molecule has 0 aromatic carbocycles. The zero-order valence-corrected chi connectivity index (χ0v) is 8.81. The number of carbonyl (C=O) groups excluding carboxylic acids is 1. The van der Waals surface area contributed by atoms with Crippen molar-refractivity contribution >= 4 is 23.3 Å². The molecule has 0 spiro atoms. The van der Waals surface area contributed by atoms with Crippen LogP contribution in [0.4, 0.5) is 5.82 Å². The molecule has 1 aromatic heterocycles. The second kappa shape index (κ2) is 4.02. The summed E-state index contributed by atoms with van der Waals surface area (Å²) in [5, 5.41) is 0.364. The summed E-state index contributed by atoms with van der Waals surface area (Å²) in [6.45, 7) is 1.32. The standard InChI is InChI=1S/C9H11ClN4O/c10-7-9(13-3-2-12-7)14-4-1-6(5-14)8(11)15/h2-3,6H,1,4-5H2,(H2,11,15). The highest BCUT2D eigenvalue weighted by Crippen LogP contribution is 2.26. The van der Waals surface area contributed by atoms with Crippen molar-refractivity contribution in [3.63, 3.8) is 0 Å². The van der Waals surface area contributed by atoms with E-state index in [9.17, 15) is 4.79 Å². The molecular formula is C9H11ClN4O. The zero-order valence-electron chi connectivity index (χ0n) is 8.06. The minimum absolute atomic E-state index is 0.108. The van der Waals surface area contributed by atoms with Crippen LogP contribution < -0.4 is 10.6 Å². The molecule has 2 N–H and O–H groups in total. The van der Waals surface area contributed by atoms with Gasteiger partial charge in [-0.25, -0.2) is 9.97 Å². The Kier molecular flexibility index (Phi) is 2.73. The Morgan fingerprint density at radius 3 is 2.87 bits per heavy atom. The third kappa shape index (κ3) is 2.02. The Morgan fingerprint density at radius 2 is 2.27 bits per heavy atom. The number of carbonyl (C=O) groups is 1. The van der Waals surface area contributed by atoms with Crippen LogP contribution in [0.2, 0.25) is 5.15 Å².